The first-order valence-electron chi connectivity index (χ1n) is 7.74. The first kappa shape index (κ1) is 12.9. The van der Waals surface area contributed by atoms with Crippen LogP contribution < -0.4 is 0 Å². The quantitative estimate of drug-likeness (QED) is 0.930. The summed E-state index contributed by atoms with van der Waals surface area (Å²) in [7, 11) is 0. The number of rotatable bonds is 4. The molecule has 1 aromatic heterocycles. The van der Waals surface area contributed by atoms with Crippen molar-refractivity contribution in [2.45, 2.75) is 51.0 Å². The van der Waals surface area contributed by atoms with Gasteiger partial charge in [-0.3, -0.25) is 0 Å². The minimum absolute atomic E-state index is 0.0177. The SMILES string of the molecule is CC(C)(C1CC1)n1c(C2CC2)nc2ccc(C(=O)O)cc21. The van der Waals surface area contributed by atoms with Crippen LogP contribution in [0.1, 0.15) is 61.6 Å². The molecule has 2 fully saturated rings. The fourth-order valence-corrected chi connectivity index (χ4v) is 3.42. The van der Waals surface area contributed by atoms with E-state index in [0.29, 0.717) is 17.4 Å². The molecule has 4 rings (SSSR count). The van der Waals surface area contributed by atoms with E-state index in [-0.39, 0.29) is 5.54 Å². The molecule has 0 unspecified atom stereocenters. The highest BCUT2D eigenvalue weighted by molar-refractivity contribution is 5.92. The van der Waals surface area contributed by atoms with Crippen molar-refractivity contribution in [3.8, 4) is 0 Å². The summed E-state index contributed by atoms with van der Waals surface area (Å²) in [5.41, 5.74) is 2.27. The van der Waals surface area contributed by atoms with Crippen LogP contribution in [0.4, 0.5) is 0 Å². The molecule has 0 aliphatic heterocycles. The average Bonchev–Trinajstić information content (AvgIpc) is 3.31. The third kappa shape index (κ3) is 1.96. The molecular weight excluding hydrogens is 264 g/mol. The third-order valence-corrected chi connectivity index (χ3v) is 5.02. The van der Waals surface area contributed by atoms with Gasteiger partial charge in [0.05, 0.1) is 16.6 Å². The van der Waals surface area contributed by atoms with Crippen LogP contribution in [0.15, 0.2) is 18.2 Å². The second kappa shape index (κ2) is 4.09. The van der Waals surface area contributed by atoms with Gasteiger partial charge in [0.25, 0.3) is 0 Å². The Labute approximate surface area is 123 Å². The molecule has 4 nitrogen and oxygen atoms in total. The summed E-state index contributed by atoms with van der Waals surface area (Å²) in [4.78, 5) is 16.1. The van der Waals surface area contributed by atoms with Crippen LogP contribution in [0.5, 0.6) is 0 Å². The van der Waals surface area contributed by atoms with Crippen LogP contribution in [-0.4, -0.2) is 20.6 Å². The molecule has 110 valence electrons. The molecule has 2 aromatic rings. The lowest BCUT2D eigenvalue weighted by Crippen LogP contribution is -2.30. The molecule has 4 heteroatoms. The largest absolute Gasteiger partial charge is 0.478 e. The number of imidazole rings is 1. The van der Waals surface area contributed by atoms with Gasteiger partial charge in [-0.15, -0.1) is 0 Å². The molecule has 2 aliphatic carbocycles. The summed E-state index contributed by atoms with van der Waals surface area (Å²) in [6.07, 6.45) is 4.93. The Balaban J connectivity index is 1.97. The molecule has 1 aromatic carbocycles. The summed E-state index contributed by atoms with van der Waals surface area (Å²) in [5.74, 6) is 1.52. The highest BCUT2D eigenvalue weighted by Gasteiger charge is 2.43. The number of nitrogens with zero attached hydrogens (tertiary/aromatic N) is 2. The number of fused-ring (bicyclic) bond motifs is 1. The van der Waals surface area contributed by atoms with Gasteiger partial charge >= 0.3 is 5.97 Å². The van der Waals surface area contributed by atoms with Crippen LogP contribution in [0.2, 0.25) is 0 Å². The van der Waals surface area contributed by atoms with Crippen LogP contribution >= 0.6 is 0 Å². The number of hydrogen-bond acceptors (Lipinski definition) is 2. The number of hydrogen-bond donors (Lipinski definition) is 1. The van der Waals surface area contributed by atoms with Crippen molar-refractivity contribution < 1.29 is 9.90 Å². The van der Waals surface area contributed by atoms with Gasteiger partial charge in [0.15, 0.2) is 0 Å². The van der Waals surface area contributed by atoms with Crippen molar-refractivity contribution in [2.24, 2.45) is 5.92 Å². The predicted molar refractivity (Wildman–Crippen MR) is 80.7 cm³/mol. The van der Waals surface area contributed by atoms with E-state index in [0.717, 1.165) is 16.9 Å². The first-order valence-corrected chi connectivity index (χ1v) is 7.74. The van der Waals surface area contributed by atoms with Crippen molar-refractivity contribution in [1.29, 1.82) is 0 Å². The molecule has 21 heavy (non-hydrogen) atoms. The Morgan fingerprint density at radius 1 is 1.29 bits per heavy atom. The molecule has 0 saturated heterocycles. The van der Waals surface area contributed by atoms with E-state index in [1.165, 1.54) is 25.7 Å². The Hall–Kier alpha value is -1.84. The maximum Gasteiger partial charge on any atom is 0.335 e. The van der Waals surface area contributed by atoms with E-state index in [1.807, 2.05) is 6.07 Å². The molecule has 2 aliphatic rings. The monoisotopic (exact) mass is 284 g/mol. The number of carboxylic acid groups (broad SMARTS) is 1. The van der Waals surface area contributed by atoms with E-state index in [9.17, 15) is 9.90 Å². The van der Waals surface area contributed by atoms with Gasteiger partial charge in [0.2, 0.25) is 0 Å². The number of aromatic nitrogens is 2. The number of benzene rings is 1. The molecule has 0 atom stereocenters. The lowest BCUT2D eigenvalue weighted by Gasteiger charge is -2.30. The van der Waals surface area contributed by atoms with E-state index < -0.39 is 5.97 Å². The van der Waals surface area contributed by atoms with E-state index >= 15 is 0 Å². The highest BCUT2D eigenvalue weighted by atomic mass is 16.4. The van der Waals surface area contributed by atoms with Crippen molar-refractivity contribution >= 4 is 17.0 Å². The van der Waals surface area contributed by atoms with Gasteiger partial charge < -0.3 is 9.67 Å². The van der Waals surface area contributed by atoms with E-state index in [2.05, 4.69) is 18.4 Å². The Morgan fingerprint density at radius 3 is 2.57 bits per heavy atom. The minimum Gasteiger partial charge on any atom is -0.478 e. The van der Waals surface area contributed by atoms with Gasteiger partial charge in [-0.1, -0.05) is 0 Å². The molecule has 1 N–H and O–H groups in total. The summed E-state index contributed by atoms with van der Waals surface area (Å²) in [6.45, 7) is 4.54. The maximum atomic E-state index is 11.3. The van der Waals surface area contributed by atoms with Gasteiger partial charge in [0.1, 0.15) is 5.82 Å². The van der Waals surface area contributed by atoms with E-state index in [4.69, 9.17) is 4.98 Å². The smallest absolute Gasteiger partial charge is 0.335 e. The summed E-state index contributed by atoms with van der Waals surface area (Å²) in [5, 5.41) is 9.26. The Kier molecular flexibility index (Phi) is 2.51. The lowest BCUT2D eigenvalue weighted by atomic mass is 9.97. The fraction of sp³-hybridized carbons (Fsp3) is 0.529. The van der Waals surface area contributed by atoms with E-state index in [1.54, 1.807) is 12.1 Å². The summed E-state index contributed by atoms with van der Waals surface area (Å²) in [6, 6.07) is 5.30. The van der Waals surface area contributed by atoms with Crippen molar-refractivity contribution in [3.63, 3.8) is 0 Å². The topological polar surface area (TPSA) is 55.1 Å². The average molecular weight is 284 g/mol. The predicted octanol–water partition coefficient (Wildman–Crippen LogP) is 3.76. The van der Waals surface area contributed by atoms with Crippen molar-refractivity contribution in [1.82, 2.24) is 9.55 Å². The standard InChI is InChI=1S/C17H20N2O2/c1-17(2,12-6-7-12)19-14-9-11(16(20)21)5-8-13(14)18-15(19)10-3-4-10/h5,8-10,12H,3-4,6-7H2,1-2H3,(H,20,21). The maximum absolute atomic E-state index is 11.3. The highest BCUT2D eigenvalue weighted by Crippen LogP contribution is 2.49. The number of carbonyl (C=O) groups is 1. The molecule has 0 amide bonds. The van der Waals surface area contributed by atoms with Crippen LogP contribution in [0.25, 0.3) is 11.0 Å². The molecule has 0 radical (unpaired) electrons. The second-order valence-electron chi connectivity index (χ2n) is 7.02. The zero-order chi connectivity index (χ0) is 14.8. The third-order valence-electron chi connectivity index (χ3n) is 5.02. The van der Waals surface area contributed by atoms with Crippen molar-refractivity contribution in [2.75, 3.05) is 0 Å². The van der Waals surface area contributed by atoms with Gasteiger partial charge in [-0.05, 0) is 63.6 Å². The zero-order valence-electron chi connectivity index (χ0n) is 12.5. The van der Waals surface area contributed by atoms with Crippen LogP contribution in [0.3, 0.4) is 0 Å². The van der Waals surface area contributed by atoms with Crippen LogP contribution in [0, 0.1) is 5.92 Å². The number of aromatic carboxylic acids is 1. The lowest BCUT2D eigenvalue weighted by molar-refractivity contribution is 0.0697. The normalized spacial score (nSPS) is 19.1. The molecule has 2 saturated carbocycles. The first-order chi connectivity index (χ1) is 9.98. The molecule has 0 bridgehead atoms. The Bertz CT molecular complexity index is 737. The molecule has 1 heterocycles. The summed E-state index contributed by atoms with van der Waals surface area (Å²) < 4.78 is 2.34. The minimum atomic E-state index is -0.873. The molecular formula is C17H20N2O2. The van der Waals surface area contributed by atoms with Gasteiger partial charge in [-0.2, -0.15) is 0 Å². The van der Waals surface area contributed by atoms with Gasteiger partial charge in [0, 0.05) is 11.5 Å². The number of carboxylic acids is 1. The van der Waals surface area contributed by atoms with Crippen molar-refractivity contribution in [3.05, 3.63) is 29.6 Å². The van der Waals surface area contributed by atoms with Gasteiger partial charge in [-0.25, -0.2) is 9.78 Å². The molecule has 0 spiro atoms. The zero-order valence-corrected chi connectivity index (χ0v) is 12.5. The fourth-order valence-electron chi connectivity index (χ4n) is 3.42. The Morgan fingerprint density at radius 2 is 2.00 bits per heavy atom. The summed E-state index contributed by atoms with van der Waals surface area (Å²) >= 11 is 0. The van der Waals surface area contributed by atoms with Crippen LogP contribution in [-0.2, 0) is 5.54 Å². The second-order valence-corrected chi connectivity index (χ2v) is 7.02.